The van der Waals surface area contributed by atoms with Crippen molar-refractivity contribution in [3.05, 3.63) is 94.5 Å². The molecule has 0 aromatic heterocycles. The highest BCUT2D eigenvalue weighted by molar-refractivity contribution is 5.83. The molecule has 0 bridgehead atoms. The molecule has 3 aromatic rings. The summed E-state index contributed by atoms with van der Waals surface area (Å²) in [7, 11) is 1.48. The summed E-state index contributed by atoms with van der Waals surface area (Å²) in [5.41, 5.74) is 6.78. The molecule has 4 rings (SSSR count). The van der Waals surface area contributed by atoms with Crippen molar-refractivity contribution in [3.63, 3.8) is 0 Å². The number of fused-ring (bicyclic) bond motifs is 3. The summed E-state index contributed by atoms with van der Waals surface area (Å²) < 4.78 is 5.66. The number of benzene rings is 3. The first-order valence-electron chi connectivity index (χ1n) is 10.3. The molecule has 0 spiro atoms. The molecule has 31 heavy (non-hydrogen) atoms. The zero-order valence-corrected chi connectivity index (χ0v) is 17.8. The van der Waals surface area contributed by atoms with Crippen molar-refractivity contribution in [1.82, 2.24) is 4.90 Å². The molecule has 3 aromatic carbocycles. The number of carbonyl (C=O) groups excluding carboxylic acids is 1. The maximum atomic E-state index is 12.9. The number of carbonyl (C=O) groups is 2. The van der Waals surface area contributed by atoms with Gasteiger partial charge in [0.1, 0.15) is 6.61 Å². The van der Waals surface area contributed by atoms with Crippen LogP contribution in [0.3, 0.4) is 0 Å². The fraction of sp³-hybridized carbons (Fsp3) is 0.231. The number of carboxylic acid groups (broad SMARTS) is 1. The average molecular weight is 415 g/mol. The van der Waals surface area contributed by atoms with E-state index in [1.54, 1.807) is 0 Å². The smallest absolute Gasteiger partial charge is 0.410 e. The summed E-state index contributed by atoms with van der Waals surface area (Å²) in [6, 6.07) is 20.7. The van der Waals surface area contributed by atoms with Gasteiger partial charge in [0.25, 0.3) is 0 Å². The van der Waals surface area contributed by atoms with E-state index in [1.807, 2.05) is 68.4 Å². The van der Waals surface area contributed by atoms with Crippen molar-refractivity contribution in [3.8, 4) is 11.1 Å². The number of carboxylic acids is 1. The van der Waals surface area contributed by atoms with Gasteiger partial charge in [0.05, 0.1) is 0 Å². The normalized spacial score (nSPS) is 13.3. The first-order chi connectivity index (χ1) is 14.9. The summed E-state index contributed by atoms with van der Waals surface area (Å²) >= 11 is 0. The number of amides is 1. The monoisotopic (exact) mass is 415 g/mol. The first-order valence-corrected chi connectivity index (χ1v) is 10.3. The van der Waals surface area contributed by atoms with Gasteiger partial charge < -0.3 is 9.84 Å². The number of hydrogen-bond acceptors (Lipinski definition) is 3. The van der Waals surface area contributed by atoms with Gasteiger partial charge in [0.2, 0.25) is 0 Å². The van der Waals surface area contributed by atoms with Gasteiger partial charge in [0, 0.05) is 13.0 Å². The SMILES string of the molecule is Cc1cccc(C)c1C(C(=O)O)N(C)C(=O)OCC1c2ccccc2-c2ccccc21. The Bertz CT molecular complexity index is 1090. The second kappa shape index (κ2) is 8.26. The minimum atomic E-state index is -1.11. The number of aliphatic carboxylic acids is 1. The summed E-state index contributed by atoms with van der Waals surface area (Å²) in [4.78, 5) is 26.2. The molecule has 0 heterocycles. The van der Waals surface area contributed by atoms with Crippen LogP contribution in [0.5, 0.6) is 0 Å². The standard InChI is InChI=1S/C26H25NO4/c1-16-9-8-10-17(2)23(16)24(25(28)29)27(3)26(30)31-15-22-20-13-6-4-11-18(20)19-12-5-7-14-21(19)22/h4-14,22,24H,15H2,1-3H3,(H,28,29). The number of likely N-dealkylation sites (N-methyl/N-ethyl adjacent to an activating group) is 1. The van der Waals surface area contributed by atoms with Gasteiger partial charge in [-0.3, -0.25) is 4.90 Å². The van der Waals surface area contributed by atoms with Crippen LogP contribution in [0.25, 0.3) is 11.1 Å². The molecular formula is C26H25NO4. The van der Waals surface area contributed by atoms with Crippen molar-refractivity contribution >= 4 is 12.1 Å². The number of rotatable bonds is 5. The van der Waals surface area contributed by atoms with E-state index >= 15 is 0 Å². The number of ether oxygens (including phenoxy) is 1. The van der Waals surface area contributed by atoms with E-state index in [0.717, 1.165) is 33.4 Å². The van der Waals surface area contributed by atoms with Crippen LogP contribution in [0.1, 0.15) is 39.8 Å². The minimum absolute atomic E-state index is 0.0757. The molecule has 0 aliphatic heterocycles. The first kappa shape index (κ1) is 20.7. The van der Waals surface area contributed by atoms with Crippen LogP contribution in [-0.4, -0.2) is 35.7 Å². The molecular weight excluding hydrogens is 390 g/mol. The van der Waals surface area contributed by atoms with Crippen LogP contribution < -0.4 is 0 Å². The Morgan fingerprint density at radius 2 is 1.42 bits per heavy atom. The van der Waals surface area contributed by atoms with Crippen LogP contribution in [0.2, 0.25) is 0 Å². The molecule has 0 saturated carbocycles. The zero-order chi connectivity index (χ0) is 22.1. The summed E-state index contributed by atoms with van der Waals surface area (Å²) in [5, 5.41) is 9.89. The van der Waals surface area contributed by atoms with Crippen molar-refractivity contribution in [2.45, 2.75) is 25.8 Å². The predicted molar refractivity (Wildman–Crippen MR) is 119 cm³/mol. The van der Waals surface area contributed by atoms with E-state index in [1.165, 1.54) is 11.9 Å². The Balaban J connectivity index is 1.57. The lowest BCUT2D eigenvalue weighted by atomic mass is 9.95. The number of nitrogens with zero attached hydrogens (tertiary/aromatic N) is 1. The fourth-order valence-corrected chi connectivity index (χ4v) is 4.54. The Morgan fingerprint density at radius 1 is 0.903 bits per heavy atom. The van der Waals surface area contributed by atoms with E-state index in [4.69, 9.17) is 4.74 Å². The molecule has 158 valence electrons. The molecule has 1 unspecified atom stereocenters. The van der Waals surface area contributed by atoms with Gasteiger partial charge >= 0.3 is 12.1 Å². The Morgan fingerprint density at radius 3 is 1.94 bits per heavy atom. The maximum Gasteiger partial charge on any atom is 0.410 e. The number of aryl methyl sites for hydroxylation is 2. The third-order valence-corrected chi connectivity index (χ3v) is 6.06. The predicted octanol–water partition coefficient (Wildman–Crippen LogP) is 5.31. The Kier molecular flexibility index (Phi) is 5.51. The van der Waals surface area contributed by atoms with Crippen molar-refractivity contribution in [2.24, 2.45) is 0 Å². The molecule has 1 amide bonds. The Labute approximate surface area is 181 Å². The summed E-state index contributed by atoms with van der Waals surface area (Å²) in [5.74, 6) is -1.17. The van der Waals surface area contributed by atoms with Gasteiger partial charge in [-0.1, -0.05) is 66.7 Å². The highest BCUT2D eigenvalue weighted by Gasteiger charge is 2.33. The fourth-order valence-electron chi connectivity index (χ4n) is 4.54. The largest absolute Gasteiger partial charge is 0.479 e. The zero-order valence-electron chi connectivity index (χ0n) is 17.8. The van der Waals surface area contributed by atoms with Crippen LogP contribution >= 0.6 is 0 Å². The maximum absolute atomic E-state index is 12.9. The van der Waals surface area contributed by atoms with E-state index in [9.17, 15) is 14.7 Å². The topological polar surface area (TPSA) is 66.8 Å². The highest BCUT2D eigenvalue weighted by Crippen LogP contribution is 2.44. The van der Waals surface area contributed by atoms with Gasteiger partial charge in [-0.05, 0) is 52.8 Å². The van der Waals surface area contributed by atoms with Crippen LogP contribution in [0, 0.1) is 13.8 Å². The van der Waals surface area contributed by atoms with Crippen LogP contribution in [0.15, 0.2) is 66.7 Å². The molecule has 0 saturated heterocycles. The van der Waals surface area contributed by atoms with Crippen LogP contribution in [-0.2, 0) is 9.53 Å². The van der Waals surface area contributed by atoms with Crippen molar-refractivity contribution < 1.29 is 19.4 Å². The molecule has 0 fully saturated rings. The second-order valence-electron chi connectivity index (χ2n) is 7.96. The minimum Gasteiger partial charge on any atom is -0.479 e. The Hall–Kier alpha value is -3.60. The molecule has 5 nitrogen and oxygen atoms in total. The van der Waals surface area contributed by atoms with E-state index in [-0.39, 0.29) is 12.5 Å². The van der Waals surface area contributed by atoms with Gasteiger partial charge in [0.15, 0.2) is 6.04 Å². The van der Waals surface area contributed by atoms with E-state index in [2.05, 4.69) is 12.1 Å². The van der Waals surface area contributed by atoms with E-state index in [0.29, 0.717) is 5.56 Å². The molecule has 1 aliphatic carbocycles. The van der Waals surface area contributed by atoms with Gasteiger partial charge in [-0.2, -0.15) is 0 Å². The average Bonchev–Trinajstić information content (AvgIpc) is 3.08. The van der Waals surface area contributed by atoms with Gasteiger partial charge in [-0.25, -0.2) is 9.59 Å². The summed E-state index contributed by atoms with van der Waals surface area (Å²) in [6.45, 7) is 3.85. The molecule has 1 N–H and O–H groups in total. The molecule has 5 heteroatoms. The van der Waals surface area contributed by atoms with Crippen LogP contribution in [0.4, 0.5) is 4.79 Å². The highest BCUT2D eigenvalue weighted by atomic mass is 16.6. The number of hydrogen-bond donors (Lipinski definition) is 1. The lowest BCUT2D eigenvalue weighted by molar-refractivity contribution is -0.142. The third kappa shape index (κ3) is 3.67. The third-order valence-electron chi connectivity index (χ3n) is 6.06. The van der Waals surface area contributed by atoms with E-state index < -0.39 is 18.1 Å². The molecule has 1 aliphatic rings. The summed E-state index contributed by atoms with van der Waals surface area (Å²) in [6.07, 6.45) is -0.656. The second-order valence-corrected chi connectivity index (χ2v) is 7.96. The molecule has 1 atom stereocenters. The van der Waals surface area contributed by atoms with Crippen molar-refractivity contribution in [2.75, 3.05) is 13.7 Å². The van der Waals surface area contributed by atoms with Crippen molar-refractivity contribution in [1.29, 1.82) is 0 Å². The lowest BCUT2D eigenvalue weighted by Gasteiger charge is -2.27. The molecule has 0 radical (unpaired) electrons. The quantitative estimate of drug-likeness (QED) is 0.613. The lowest BCUT2D eigenvalue weighted by Crippen LogP contribution is -2.37. The van der Waals surface area contributed by atoms with Gasteiger partial charge in [-0.15, -0.1) is 0 Å².